The van der Waals surface area contributed by atoms with Crippen LogP contribution in [0.1, 0.15) is 52.9 Å². The van der Waals surface area contributed by atoms with Crippen LogP contribution in [0.3, 0.4) is 0 Å². The maximum absolute atomic E-state index is 3.75. The summed E-state index contributed by atoms with van der Waals surface area (Å²) in [5, 5.41) is 3.75. The van der Waals surface area contributed by atoms with Gasteiger partial charge in [-0.15, -0.1) is 0 Å². The van der Waals surface area contributed by atoms with Crippen LogP contribution in [0.5, 0.6) is 0 Å². The van der Waals surface area contributed by atoms with E-state index in [-0.39, 0.29) is 0 Å². The third-order valence-corrected chi connectivity index (χ3v) is 5.61. The van der Waals surface area contributed by atoms with Gasteiger partial charge in [0.05, 0.1) is 0 Å². The zero-order chi connectivity index (χ0) is 15.5. The number of likely N-dealkylation sites (tertiary alicyclic amines) is 1. The first kappa shape index (κ1) is 17.2. The number of nitrogens with zero attached hydrogens (tertiary/aromatic N) is 2. The molecule has 2 rings (SSSR count). The number of rotatable bonds is 6. The van der Waals surface area contributed by atoms with Gasteiger partial charge in [0.25, 0.3) is 0 Å². The average Bonchev–Trinajstić information content (AvgIpc) is 2.85. The first-order valence-electron chi connectivity index (χ1n) is 9.02. The molecule has 124 valence electrons. The molecule has 3 nitrogen and oxygen atoms in total. The standard InChI is InChI=1S/C18H37N3/c1-15(2)19-13-18(9-6-7-16(3)11-18)14-21-10-8-17(12-21)20(4)5/h15-17,19H,6-14H2,1-5H3. The number of likely N-dealkylation sites (N-methyl/N-ethyl adjacent to an activating group) is 1. The lowest BCUT2D eigenvalue weighted by Crippen LogP contribution is -2.48. The fourth-order valence-corrected chi connectivity index (χ4v) is 4.40. The molecular formula is C18H37N3. The maximum atomic E-state index is 3.75. The Morgan fingerprint density at radius 3 is 2.62 bits per heavy atom. The van der Waals surface area contributed by atoms with E-state index in [2.05, 4.69) is 50.0 Å². The molecule has 1 aliphatic carbocycles. The highest BCUT2D eigenvalue weighted by Gasteiger charge is 2.38. The molecule has 1 aliphatic heterocycles. The van der Waals surface area contributed by atoms with Crippen LogP contribution in [0, 0.1) is 11.3 Å². The van der Waals surface area contributed by atoms with Crippen molar-refractivity contribution in [2.75, 3.05) is 40.3 Å². The minimum atomic E-state index is 0.517. The minimum Gasteiger partial charge on any atom is -0.314 e. The van der Waals surface area contributed by atoms with Crippen molar-refractivity contribution in [3.63, 3.8) is 0 Å². The van der Waals surface area contributed by atoms with E-state index in [4.69, 9.17) is 0 Å². The smallest absolute Gasteiger partial charge is 0.0229 e. The molecule has 3 heteroatoms. The second kappa shape index (κ2) is 7.43. The average molecular weight is 296 g/mol. The lowest BCUT2D eigenvalue weighted by atomic mass is 9.69. The molecule has 3 atom stereocenters. The van der Waals surface area contributed by atoms with Gasteiger partial charge < -0.3 is 15.1 Å². The van der Waals surface area contributed by atoms with Gasteiger partial charge in [-0.1, -0.05) is 33.6 Å². The minimum absolute atomic E-state index is 0.517. The summed E-state index contributed by atoms with van der Waals surface area (Å²) in [7, 11) is 4.46. The summed E-state index contributed by atoms with van der Waals surface area (Å²) in [5.74, 6) is 0.903. The third kappa shape index (κ3) is 4.94. The van der Waals surface area contributed by atoms with Gasteiger partial charge in [0.2, 0.25) is 0 Å². The fourth-order valence-electron chi connectivity index (χ4n) is 4.40. The van der Waals surface area contributed by atoms with Crippen LogP contribution in [-0.2, 0) is 0 Å². The van der Waals surface area contributed by atoms with E-state index in [0.717, 1.165) is 12.0 Å². The van der Waals surface area contributed by atoms with Crippen LogP contribution in [0.4, 0.5) is 0 Å². The highest BCUT2D eigenvalue weighted by molar-refractivity contribution is 4.93. The summed E-state index contributed by atoms with van der Waals surface area (Å²) < 4.78 is 0. The van der Waals surface area contributed by atoms with E-state index in [9.17, 15) is 0 Å². The van der Waals surface area contributed by atoms with Crippen LogP contribution in [0.15, 0.2) is 0 Å². The van der Waals surface area contributed by atoms with Gasteiger partial charge in [-0.2, -0.15) is 0 Å². The molecular weight excluding hydrogens is 258 g/mol. The van der Waals surface area contributed by atoms with Gasteiger partial charge >= 0.3 is 0 Å². The Balaban J connectivity index is 1.95. The lowest BCUT2D eigenvalue weighted by molar-refractivity contribution is 0.0860. The van der Waals surface area contributed by atoms with Crippen molar-refractivity contribution in [2.45, 2.75) is 65.0 Å². The van der Waals surface area contributed by atoms with Crippen LogP contribution in [-0.4, -0.2) is 62.2 Å². The van der Waals surface area contributed by atoms with Crippen molar-refractivity contribution in [3.8, 4) is 0 Å². The molecule has 1 saturated heterocycles. The van der Waals surface area contributed by atoms with Gasteiger partial charge in [0.1, 0.15) is 0 Å². The zero-order valence-corrected chi connectivity index (χ0v) is 15.0. The van der Waals surface area contributed by atoms with Crippen molar-refractivity contribution in [1.82, 2.24) is 15.1 Å². The summed E-state index contributed by atoms with van der Waals surface area (Å²) in [6.45, 7) is 12.1. The van der Waals surface area contributed by atoms with E-state index in [1.165, 1.54) is 58.3 Å². The van der Waals surface area contributed by atoms with Gasteiger partial charge in [0, 0.05) is 31.7 Å². The Kier molecular flexibility index (Phi) is 6.10. The van der Waals surface area contributed by atoms with Crippen LogP contribution < -0.4 is 5.32 Å². The summed E-state index contributed by atoms with van der Waals surface area (Å²) in [6, 6.07) is 1.37. The Hall–Kier alpha value is -0.120. The topological polar surface area (TPSA) is 18.5 Å². The molecule has 21 heavy (non-hydrogen) atoms. The summed E-state index contributed by atoms with van der Waals surface area (Å²) in [6.07, 6.45) is 7.03. The van der Waals surface area contributed by atoms with Crippen molar-refractivity contribution in [2.24, 2.45) is 11.3 Å². The van der Waals surface area contributed by atoms with Crippen molar-refractivity contribution in [1.29, 1.82) is 0 Å². The Morgan fingerprint density at radius 1 is 1.29 bits per heavy atom. The molecule has 1 heterocycles. The molecule has 0 aromatic carbocycles. The molecule has 1 saturated carbocycles. The largest absolute Gasteiger partial charge is 0.314 e. The van der Waals surface area contributed by atoms with E-state index < -0.39 is 0 Å². The molecule has 3 unspecified atom stereocenters. The monoisotopic (exact) mass is 295 g/mol. The molecule has 0 radical (unpaired) electrons. The van der Waals surface area contributed by atoms with Gasteiger partial charge in [-0.3, -0.25) is 0 Å². The first-order chi connectivity index (χ1) is 9.90. The molecule has 2 fully saturated rings. The highest BCUT2D eigenvalue weighted by atomic mass is 15.2. The molecule has 0 aromatic heterocycles. The van der Waals surface area contributed by atoms with Crippen LogP contribution in [0.25, 0.3) is 0 Å². The van der Waals surface area contributed by atoms with Crippen LogP contribution in [0.2, 0.25) is 0 Å². The van der Waals surface area contributed by atoms with E-state index in [1.54, 1.807) is 0 Å². The van der Waals surface area contributed by atoms with Crippen LogP contribution >= 0.6 is 0 Å². The van der Waals surface area contributed by atoms with Gasteiger partial charge in [-0.05, 0) is 51.2 Å². The molecule has 0 aromatic rings. The molecule has 0 spiro atoms. The van der Waals surface area contributed by atoms with Crippen molar-refractivity contribution >= 4 is 0 Å². The normalized spacial score (nSPS) is 35.0. The predicted octanol–water partition coefficient (Wildman–Crippen LogP) is 2.82. The second-order valence-electron chi connectivity index (χ2n) is 8.38. The molecule has 1 N–H and O–H groups in total. The second-order valence-corrected chi connectivity index (χ2v) is 8.38. The molecule has 0 bridgehead atoms. The number of hydrogen-bond donors (Lipinski definition) is 1. The first-order valence-corrected chi connectivity index (χ1v) is 9.02. The SMILES string of the molecule is CC1CCCC(CNC(C)C)(CN2CCC(N(C)C)C2)C1. The third-order valence-electron chi connectivity index (χ3n) is 5.61. The molecule has 0 amide bonds. The number of hydrogen-bond acceptors (Lipinski definition) is 3. The maximum Gasteiger partial charge on any atom is 0.0229 e. The van der Waals surface area contributed by atoms with Crippen molar-refractivity contribution in [3.05, 3.63) is 0 Å². The quantitative estimate of drug-likeness (QED) is 0.813. The van der Waals surface area contributed by atoms with Gasteiger partial charge in [-0.25, -0.2) is 0 Å². The predicted molar refractivity (Wildman–Crippen MR) is 91.7 cm³/mol. The fraction of sp³-hybridized carbons (Fsp3) is 1.00. The lowest BCUT2D eigenvalue weighted by Gasteiger charge is -2.43. The van der Waals surface area contributed by atoms with Crippen molar-refractivity contribution < 1.29 is 0 Å². The Labute approximate surface area is 132 Å². The van der Waals surface area contributed by atoms with E-state index in [0.29, 0.717) is 11.5 Å². The van der Waals surface area contributed by atoms with E-state index in [1.807, 2.05) is 0 Å². The highest BCUT2D eigenvalue weighted by Crippen LogP contribution is 2.40. The van der Waals surface area contributed by atoms with E-state index >= 15 is 0 Å². The Bertz CT molecular complexity index is 316. The summed E-state index contributed by atoms with van der Waals surface area (Å²) in [4.78, 5) is 5.15. The zero-order valence-electron chi connectivity index (χ0n) is 15.0. The van der Waals surface area contributed by atoms with Gasteiger partial charge in [0.15, 0.2) is 0 Å². The number of nitrogens with one attached hydrogen (secondary N) is 1. The Morgan fingerprint density at radius 2 is 2.05 bits per heavy atom. The summed E-state index contributed by atoms with van der Waals surface area (Å²) in [5.41, 5.74) is 0.517. The summed E-state index contributed by atoms with van der Waals surface area (Å²) >= 11 is 0. The molecule has 2 aliphatic rings.